The van der Waals surface area contributed by atoms with Crippen LogP contribution in [0.15, 0.2) is 18.2 Å². The highest BCUT2D eigenvalue weighted by Gasteiger charge is 2.11. The first kappa shape index (κ1) is 26.8. The fraction of sp³-hybridized carbons (Fsp3) is 0.739. The maximum absolute atomic E-state index is 13.7. The third-order valence-corrected chi connectivity index (χ3v) is 4.97. The van der Waals surface area contributed by atoms with Gasteiger partial charge in [0.2, 0.25) is 0 Å². The molecule has 0 saturated heterocycles. The summed E-state index contributed by atoms with van der Waals surface area (Å²) in [5.41, 5.74) is 0. The van der Waals surface area contributed by atoms with Crippen molar-refractivity contribution in [3.63, 3.8) is 0 Å². The second kappa shape index (κ2) is 17.0. The number of ether oxygens (including phenoxy) is 6. The van der Waals surface area contributed by atoms with Crippen LogP contribution in [0.5, 0.6) is 11.5 Å². The summed E-state index contributed by atoms with van der Waals surface area (Å²) in [5, 5.41) is 0. The summed E-state index contributed by atoms with van der Waals surface area (Å²) in [4.78, 5) is 4.34. The van der Waals surface area contributed by atoms with Crippen molar-refractivity contribution in [3.05, 3.63) is 24.0 Å². The lowest BCUT2D eigenvalue weighted by Crippen LogP contribution is -2.35. The van der Waals surface area contributed by atoms with E-state index in [0.717, 1.165) is 19.6 Å². The Bertz CT molecular complexity index is 610. The molecule has 0 fully saturated rings. The number of benzene rings is 1. The summed E-state index contributed by atoms with van der Waals surface area (Å²) >= 11 is 0. The van der Waals surface area contributed by atoms with Crippen LogP contribution in [0.4, 0.5) is 4.39 Å². The van der Waals surface area contributed by atoms with Crippen molar-refractivity contribution in [2.45, 2.75) is 6.92 Å². The van der Waals surface area contributed by atoms with Crippen molar-refractivity contribution < 1.29 is 32.8 Å². The Morgan fingerprint density at radius 2 is 1.47 bits per heavy atom. The highest BCUT2D eigenvalue weighted by atomic mass is 19.1. The molecule has 2 rings (SSSR count). The number of fused-ring (bicyclic) bond motifs is 1. The van der Waals surface area contributed by atoms with Crippen LogP contribution in [-0.2, 0) is 18.9 Å². The number of rotatable bonds is 7. The van der Waals surface area contributed by atoms with Crippen LogP contribution in [0.2, 0.25) is 0 Å². The Balaban J connectivity index is 1.89. The average molecular weight is 459 g/mol. The van der Waals surface area contributed by atoms with Gasteiger partial charge in [-0.25, -0.2) is 4.39 Å². The lowest BCUT2D eigenvalue weighted by Gasteiger charge is -2.23. The standard InChI is InChI=1S/C23H39FN2O6/c1-3-27-16-17-29-12-8-26-9-13-30-19-18-28-11-6-25(2)7-14-32-23-20-21(24)4-5-22(23)31-15-10-26/h4-5,20H,3,6-19H2,1-2H3. The molecule has 9 heteroatoms. The van der Waals surface area contributed by atoms with Gasteiger partial charge in [0.05, 0.1) is 46.2 Å². The average Bonchev–Trinajstić information content (AvgIpc) is 2.78. The molecule has 184 valence electrons. The number of hydrogen-bond donors (Lipinski definition) is 0. The first-order chi connectivity index (χ1) is 15.7. The molecule has 1 aliphatic rings. The molecule has 1 aliphatic heterocycles. The molecule has 0 aromatic heterocycles. The lowest BCUT2D eigenvalue weighted by atomic mass is 10.3. The Kier molecular flexibility index (Phi) is 14.3. The van der Waals surface area contributed by atoms with Crippen molar-refractivity contribution in [1.29, 1.82) is 0 Å². The summed E-state index contributed by atoms with van der Waals surface area (Å²) in [6, 6.07) is 4.37. The van der Waals surface area contributed by atoms with E-state index in [1.807, 2.05) is 14.0 Å². The first-order valence-corrected chi connectivity index (χ1v) is 11.5. The molecule has 0 saturated carbocycles. The molecule has 32 heavy (non-hydrogen) atoms. The SMILES string of the molecule is CCOCCOCCN1CCOCCOCCN(C)CCOc2cc(F)ccc2OCC1. The second-order valence-electron chi connectivity index (χ2n) is 7.47. The fourth-order valence-electron chi connectivity index (χ4n) is 3.05. The van der Waals surface area contributed by atoms with E-state index < -0.39 is 0 Å². The van der Waals surface area contributed by atoms with E-state index in [9.17, 15) is 4.39 Å². The molecule has 8 nitrogen and oxygen atoms in total. The van der Waals surface area contributed by atoms with E-state index in [4.69, 9.17) is 28.4 Å². The zero-order chi connectivity index (χ0) is 22.9. The predicted molar refractivity (Wildman–Crippen MR) is 120 cm³/mol. The van der Waals surface area contributed by atoms with Crippen LogP contribution < -0.4 is 9.47 Å². The molecule has 0 amide bonds. The summed E-state index contributed by atoms with van der Waals surface area (Å²) in [7, 11) is 2.00. The first-order valence-electron chi connectivity index (χ1n) is 11.5. The van der Waals surface area contributed by atoms with Crippen molar-refractivity contribution in [2.24, 2.45) is 0 Å². The summed E-state index contributed by atoms with van der Waals surface area (Å²) in [6.45, 7) is 11.4. The van der Waals surface area contributed by atoms with E-state index in [-0.39, 0.29) is 5.82 Å². The minimum absolute atomic E-state index is 0.348. The molecular weight excluding hydrogens is 419 g/mol. The van der Waals surface area contributed by atoms with Gasteiger partial charge >= 0.3 is 0 Å². The molecular formula is C23H39FN2O6. The molecule has 0 radical (unpaired) electrons. The maximum atomic E-state index is 13.7. The highest BCUT2D eigenvalue weighted by molar-refractivity contribution is 5.40. The number of nitrogens with zero attached hydrogens (tertiary/aromatic N) is 2. The molecule has 0 N–H and O–H groups in total. The minimum atomic E-state index is -0.348. The van der Waals surface area contributed by atoms with Crippen LogP contribution in [0.1, 0.15) is 6.92 Å². The van der Waals surface area contributed by atoms with Gasteiger partial charge in [0.25, 0.3) is 0 Å². The predicted octanol–water partition coefficient (Wildman–Crippen LogP) is 1.92. The monoisotopic (exact) mass is 458 g/mol. The molecule has 1 aromatic rings. The van der Waals surface area contributed by atoms with Gasteiger partial charge in [0.15, 0.2) is 11.5 Å². The van der Waals surface area contributed by atoms with Crippen LogP contribution in [0.25, 0.3) is 0 Å². The zero-order valence-electron chi connectivity index (χ0n) is 19.6. The number of halogens is 1. The van der Waals surface area contributed by atoms with Gasteiger partial charge in [-0.1, -0.05) is 0 Å². The molecule has 0 bridgehead atoms. The molecule has 0 unspecified atom stereocenters. The quantitative estimate of drug-likeness (QED) is 0.575. The smallest absolute Gasteiger partial charge is 0.164 e. The Hall–Kier alpha value is -1.49. The summed E-state index contributed by atoms with van der Waals surface area (Å²) in [5.74, 6) is 0.617. The van der Waals surface area contributed by atoms with Crippen molar-refractivity contribution in [2.75, 3.05) is 106 Å². The van der Waals surface area contributed by atoms with Gasteiger partial charge in [0.1, 0.15) is 19.0 Å². The topological polar surface area (TPSA) is 61.9 Å². The van der Waals surface area contributed by atoms with E-state index in [1.54, 1.807) is 6.07 Å². The van der Waals surface area contributed by atoms with Crippen LogP contribution in [0.3, 0.4) is 0 Å². The van der Waals surface area contributed by atoms with Gasteiger partial charge in [-0.15, -0.1) is 0 Å². The van der Waals surface area contributed by atoms with E-state index in [2.05, 4.69) is 9.80 Å². The van der Waals surface area contributed by atoms with E-state index in [0.29, 0.717) is 90.7 Å². The lowest BCUT2D eigenvalue weighted by molar-refractivity contribution is 0.0201. The third-order valence-electron chi connectivity index (χ3n) is 4.97. The number of likely N-dealkylation sites (N-methyl/N-ethyl adjacent to an activating group) is 1. The van der Waals surface area contributed by atoms with Gasteiger partial charge in [-0.3, -0.25) is 4.90 Å². The fourth-order valence-corrected chi connectivity index (χ4v) is 3.05. The van der Waals surface area contributed by atoms with Gasteiger partial charge in [-0.05, 0) is 26.1 Å². The largest absolute Gasteiger partial charge is 0.488 e. The van der Waals surface area contributed by atoms with E-state index >= 15 is 0 Å². The van der Waals surface area contributed by atoms with Gasteiger partial charge in [-0.2, -0.15) is 0 Å². The maximum Gasteiger partial charge on any atom is 0.164 e. The molecule has 0 atom stereocenters. The van der Waals surface area contributed by atoms with Crippen LogP contribution >= 0.6 is 0 Å². The molecule has 0 spiro atoms. The van der Waals surface area contributed by atoms with Crippen molar-refractivity contribution in [1.82, 2.24) is 9.80 Å². The Labute approximate surface area is 191 Å². The molecule has 1 aromatic carbocycles. The van der Waals surface area contributed by atoms with Crippen molar-refractivity contribution in [3.8, 4) is 11.5 Å². The van der Waals surface area contributed by atoms with Gasteiger partial charge < -0.3 is 33.3 Å². The highest BCUT2D eigenvalue weighted by Crippen LogP contribution is 2.28. The molecule has 1 heterocycles. The van der Waals surface area contributed by atoms with Crippen LogP contribution in [0, 0.1) is 5.82 Å². The summed E-state index contributed by atoms with van der Waals surface area (Å²) in [6.07, 6.45) is 0. The van der Waals surface area contributed by atoms with Gasteiger partial charge in [0, 0.05) is 45.4 Å². The third kappa shape index (κ3) is 11.9. The number of hydrogen-bond acceptors (Lipinski definition) is 8. The summed E-state index contributed by atoms with van der Waals surface area (Å²) < 4.78 is 47.8. The normalized spacial score (nSPS) is 18.7. The second-order valence-corrected chi connectivity index (χ2v) is 7.47. The Morgan fingerprint density at radius 3 is 2.28 bits per heavy atom. The van der Waals surface area contributed by atoms with Crippen molar-refractivity contribution >= 4 is 0 Å². The minimum Gasteiger partial charge on any atom is -0.488 e. The van der Waals surface area contributed by atoms with E-state index in [1.165, 1.54) is 12.1 Å². The Morgan fingerprint density at radius 1 is 0.812 bits per heavy atom. The zero-order valence-corrected chi connectivity index (χ0v) is 19.6. The van der Waals surface area contributed by atoms with Crippen LogP contribution in [-0.4, -0.2) is 116 Å². The molecule has 0 aliphatic carbocycles.